The number of aromatic amines is 1. The summed E-state index contributed by atoms with van der Waals surface area (Å²) in [5.41, 5.74) is 3.84. The summed E-state index contributed by atoms with van der Waals surface area (Å²) in [5, 5.41) is 1.33. The lowest BCUT2D eigenvalue weighted by molar-refractivity contribution is -0.133. The highest BCUT2D eigenvalue weighted by molar-refractivity contribution is 5.86. The van der Waals surface area contributed by atoms with E-state index in [1.807, 2.05) is 4.90 Å². The lowest BCUT2D eigenvalue weighted by Gasteiger charge is -2.27. The van der Waals surface area contributed by atoms with Gasteiger partial charge in [-0.2, -0.15) is 0 Å². The van der Waals surface area contributed by atoms with Gasteiger partial charge in [-0.15, -0.1) is 0 Å². The molecule has 2 aliphatic rings. The number of carbonyl (C=O) groups is 1. The molecule has 0 radical (unpaired) electrons. The molecule has 1 amide bonds. The number of nitrogens with zero attached hydrogens (tertiary/aromatic N) is 1. The van der Waals surface area contributed by atoms with Crippen LogP contribution in [0.1, 0.15) is 24.1 Å². The van der Waals surface area contributed by atoms with Crippen LogP contribution in [0.4, 0.5) is 0 Å². The number of hydrogen-bond donors (Lipinski definition) is 1. The second-order valence-corrected chi connectivity index (χ2v) is 5.41. The zero-order valence-electron chi connectivity index (χ0n) is 10.3. The Balaban J connectivity index is 1.70. The smallest absolute Gasteiger partial charge is 0.226 e. The number of H-pyrrole nitrogens is 1. The number of fused-ring (bicyclic) bond motifs is 3. The SMILES string of the molecule is O=C(C1CC1)N1CCc2c([nH]c3ccccc23)C1. The van der Waals surface area contributed by atoms with Crippen molar-refractivity contribution in [3.05, 3.63) is 35.5 Å². The van der Waals surface area contributed by atoms with Crippen LogP contribution in [0.2, 0.25) is 0 Å². The third-order valence-corrected chi connectivity index (χ3v) is 4.12. The van der Waals surface area contributed by atoms with Gasteiger partial charge in [0, 0.05) is 29.1 Å². The second-order valence-electron chi connectivity index (χ2n) is 5.41. The molecule has 1 aliphatic heterocycles. The number of amides is 1. The lowest BCUT2D eigenvalue weighted by atomic mass is 10.0. The molecule has 2 heterocycles. The molecule has 1 N–H and O–H groups in total. The maximum Gasteiger partial charge on any atom is 0.226 e. The maximum absolute atomic E-state index is 12.1. The van der Waals surface area contributed by atoms with Gasteiger partial charge in [-0.25, -0.2) is 0 Å². The summed E-state index contributed by atoms with van der Waals surface area (Å²) in [5.74, 6) is 0.690. The van der Waals surface area contributed by atoms with E-state index in [-0.39, 0.29) is 0 Å². The number of aromatic nitrogens is 1. The zero-order valence-corrected chi connectivity index (χ0v) is 10.3. The molecule has 0 atom stereocenters. The monoisotopic (exact) mass is 240 g/mol. The predicted octanol–water partition coefficient (Wildman–Crippen LogP) is 2.46. The minimum Gasteiger partial charge on any atom is -0.357 e. The molecule has 2 aromatic rings. The highest BCUT2D eigenvalue weighted by Gasteiger charge is 2.35. The van der Waals surface area contributed by atoms with Crippen molar-refractivity contribution in [2.24, 2.45) is 5.92 Å². The Hall–Kier alpha value is -1.77. The fourth-order valence-corrected chi connectivity index (χ4v) is 2.97. The van der Waals surface area contributed by atoms with Gasteiger partial charge in [0.15, 0.2) is 0 Å². The normalized spacial score (nSPS) is 19.0. The van der Waals surface area contributed by atoms with Gasteiger partial charge in [-0.3, -0.25) is 4.79 Å². The van der Waals surface area contributed by atoms with Crippen molar-refractivity contribution < 1.29 is 4.79 Å². The molecule has 0 spiro atoms. The number of carbonyl (C=O) groups excluding carboxylic acids is 1. The maximum atomic E-state index is 12.1. The quantitative estimate of drug-likeness (QED) is 0.816. The molecular weight excluding hydrogens is 224 g/mol. The van der Waals surface area contributed by atoms with Crippen molar-refractivity contribution in [3.63, 3.8) is 0 Å². The summed E-state index contributed by atoms with van der Waals surface area (Å²) in [6.07, 6.45) is 3.17. The van der Waals surface area contributed by atoms with Crippen LogP contribution in [-0.4, -0.2) is 22.3 Å². The third-order valence-electron chi connectivity index (χ3n) is 4.12. The average Bonchev–Trinajstić information content (AvgIpc) is 3.18. The standard InChI is InChI=1S/C15H16N2O/c18-15(10-5-6-10)17-8-7-12-11-3-1-2-4-13(11)16-14(12)9-17/h1-4,10,16H,5-9H2. The summed E-state index contributed by atoms with van der Waals surface area (Å²) in [4.78, 5) is 17.6. The van der Waals surface area contributed by atoms with Crippen LogP contribution in [0, 0.1) is 5.92 Å². The van der Waals surface area contributed by atoms with E-state index in [2.05, 4.69) is 29.2 Å². The first-order valence-electron chi connectivity index (χ1n) is 6.70. The van der Waals surface area contributed by atoms with Crippen LogP contribution in [0.25, 0.3) is 10.9 Å². The average molecular weight is 240 g/mol. The van der Waals surface area contributed by atoms with E-state index in [0.29, 0.717) is 11.8 Å². The van der Waals surface area contributed by atoms with Crippen molar-refractivity contribution in [1.29, 1.82) is 0 Å². The first-order valence-corrected chi connectivity index (χ1v) is 6.70. The van der Waals surface area contributed by atoms with Gasteiger partial charge in [0.2, 0.25) is 5.91 Å². The molecule has 0 unspecified atom stereocenters. The van der Waals surface area contributed by atoms with Crippen LogP contribution >= 0.6 is 0 Å². The van der Waals surface area contributed by atoms with E-state index in [1.54, 1.807) is 0 Å². The number of nitrogens with one attached hydrogen (secondary N) is 1. The van der Waals surface area contributed by atoms with Gasteiger partial charge in [-0.1, -0.05) is 18.2 Å². The van der Waals surface area contributed by atoms with E-state index in [4.69, 9.17) is 0 Å². The molecule has 3 nitrogen and oxygen atoms in total. The Morgan fingerprint density at radius 1 is 1.28 bits per heavy atom. The van der Waals surface area contributed by atoms with Gasteiger partial charge >= 0.3 is 0 Å². The summed E-state index contributed by atoms with van der Waals surface area (Å²) < 4.78 is 0. The highest BCUT2D eigenvalue weighted by atomic mass is 16.2. The summed E-state index contributed by atoms with van der Waals surface area (Å²) >= 11 is 0. The van der Waals surface area contributed by atoms with Crippen molar-refractivity contribution >= 4 is 16.8 Å². The Labute approximate surface area is 106 Å². The first-order chi connectivity index (χ1) is 8.83. The molecule has 0 saturated heterocycles. The van der Waals surface area contributed by atoms with Crippen LogP contribution in [0.3, 0.4) is 0 Å². The summed E-state index contributed by atoms with van der Waals surface area (Å²) in [6.45, 7) is 1.64. The highest BCUT2D eigenvalue weighted by Crippen LogP contribution is 2.34. The minimum absolute atomic E-state index is 0.330. The summed E-state index contributed by atoms with van der Waals surface area (Å²) in [6, 6.07) is 8.42. The minimum atomic E-state index is 0.330. The number of benzene rings is 1. The molecule has 1 aliphatic carbocycles. The molecule has 1 aromatic heterocycles. The second kappa shape index (κ2) is 3.61. The molecular formula is C15H16N2O. The Kier molecular flexibility index (Phi) is 2.04. The number of rotatable bonds is 1. The van der Waals surface area contributed by atoms with Crippen LogP contribution in [-0.2, 0) is 17.8 Å². The van der Waals surface area contributed by atoms with Crippen molar-refractivity contribution in [3.8, 4) is 0 Å². The molecule has 18 heavy (non-hydrogen) atoms. The topological polar surface area (TPSA) is 36.1 Å². The molecule has 4 rings (SSSR count). The first kappa shape index (κ1) is 10.2. The van der Waals surface area contributed by atoms with Gasteiger partial charge < -0.3 is 9.88 Å². The Morgan fingerprint density at radius 2 is 2.11 bits per heavy atom. The molecule has 3 heteroatoms. The Bertz CT molecular complexity index is 624. The van der Waals surface area contributed by atoms with E-state index >= 15 is 0 Å². The molecule has 92 valence electrons. The number of para-hydroxylation sites is 1. The fourth-order valence-electron chi connectivity index (χ4n) is 2.97. The molecule has 1 fully saturated rings. The fraction of sp³-hybridized carbons (Fsp3) is 0.400. The molecule has 0 bridgehead atoms. The third kappa shape index (κ3) is 1.47. The van der Waals surface area contributed by atoms with Crippen molar-refractivity contribution in [1.82, 2.24) is 9.88 Å². The van der Waals surface area contributed by atoms with Gasteiger partial charge in [0.25, 0.3) is 0 Å². The van der Waals surface area contributed by atoms with Crippen LogP contribution in [0.5, 0.6) is 0 Å². The van der Waals surface area contributed by atoms with E-state index < -0.39 is 0 Å². The van der Waals surface area contributed by atoms with Crippen molar-refractivity contribution in [2.45, 2.75) is 25.8 Å². The zero-order chi connectivity index (χ0) is 12.1. The van der Waals surface area contributed by atoms with Crippen molar-refractivity contribution in [2.75, 3.05) is 6.54 Å². The van der Waals surface area contributed by atoms with Gasteiger partial charge in [0.1, 0.15) is 0 Å². The van der Waals surface area contributed by atoms with E-state index in [1.165, 1.54) is 22.2 Å². The van der Waals surface area contributed by atoms with Gasteiger partial charge in [-0.05, 0) is 30.9 Å². The number of hydrogen-bond acceptors (Lipinski definition) is 1. The van der Waals surface area contributed by atoms with E-state index in [9.17, 15) is 4.79 Å². The Morgan fingerprint density at radius 3 is 2.94 bits per heavy atom. The molecule has 1 saturated carbocycles. The predicted molar refractivity (Wildman–Crippen MR) is 70.1 cm³/mol. The van der Waals surface area contributed by atoms with E-state index in [0.717, 1.165) is 32.4 Å². The molecule has 1 aromatic carbocycles. The van der Waals surface area contributed by atoms with Crippen LogP contribution in [0.15, 0.2) is 24.3 Å². The summed E-state index contributed by atoms with van der Waals surface area (Å²) in [7, 11) is 0. The largest absolute Gasteiger partial charge is 0.357 e. The van der Waals surface area contributed by atoms with Crippen LogP contribution < -0.4 is 0 Å². The van der Waals surface area contributed by atoms with Gasteiger partial charge in [0.05, 0.1) is 6.54 Å². The lowest BCUT2D eigenvalue weighted by Crippen LogP contribution is -2.36.